The summed E-state index contributed by atoms with van der Waals surface area (Å²) < 4.78 is 26.5. The molecule has 1 amide bonds. The fourth-order valence-corrected chi connectivity index (χ4v) is 1.68. The number of nitrogens with one attached hydrogen (secondary N) is 1. The van der Waals surface area contributed by atoms with Gasteiger partial charge in [-0.05, 0) is 25.0 Å². The van der Waals surface area contributed by atoms with Gasteiger partial charge in [0, 0.05) is 0 Å². The van der Waals surface area contributed by atoms with Crippen LogP contribution < -0.4 is 5.32 Å². The van der Waals surface area contributed by atoms with Crippen LogP contribution in [0.2, 0.25) is 0 Å². The summed E-state index contributed by atoms with van der Waals surface area (Å²) in [4.78, 5) is 11.9. The van der Waals surface area contributed by atoms with Gasteiger partial charge < -0.3 is 10.4 Å². The molecule has 1 aromatic carbocycles. The third-order valence-electron chi connectivity index (χ3n) is 3.23. The highest BCUT2D eigenvalue weighted by atomic mass is 19.2. The fraction of sp³-hybridized carbons (Fsp3) is 0.462. The first-order chi connectivity index (χ1) is 8.49. The van der Waals surface area contributed by atoms with Gasteiger partial charge in [0.2, 0.25) is 0 Å². The lowest BCUT2D eigenvalue weighted by atomic mass is 9.93. The van der Waals surface area contributed by atoms with Crippen LogP contribution in [0.4, 0.5) is 8.78 Å². The van der Waals surface area contributed by atoms with E-state index >= 15 is 0 Å². The van der Waals surface area contributed by atoms with Gasteiger partial charge in [0.15, 0.2) is 11.6 Å². The molecule has 0 aliphatic rings. The van der Waals surface area contributed by atoms with Crippen LogP contribution in [0.1, 0.15) is 37.0 Å². The van der Waals surface area contributed by atoms with E-state index in [0.717, 1.165) is 6.07 Å². The Labute approximate surface area is 105 Å². The Morgan fingerprint density at radius 1 is 1.33 bits per heavy atom. The van der Waals surface area contributed by atoms with Gasteiger partial charge in [-0.25, -0.2) is 8.78 Å². The number of aliphatic hydroxyl groups excluding tert-OH is 1. The molecule has 2 N–H and O–H groups in total. The maximum Gasteiger partial charge on any atom is 0.254 e. The van der Waals surface area contributed by atoms with E-state index in [1.807, 2.05) is 13.8 Å². The van der Waals surface area contributed by atoms with Crippen molar-refractivity contribution in [2.45, 2.75) is 32.2 Å². The first kappa shape index (κ1) is 14.6. The molecule has 0 fully saturated rings. The Morgan fingerprint density at radius 2 is 1.94 bits per heavy atom. The molecule has 1 rings (SSSR count). The molecule has 0 aliphatic carbocycles. The van der Waals surface area contributed by atoms with E-state index in [2.05, 4.69) is 5.32 Å². The Balaban J connectivity index is 2.98. The number of halogens is 2. The second kappa shape index (κ2) is 5.91. The lowest BCUT2D eigenvalue weighted by molar-refractivity contribution is 0.0813. The van der Waals surface area contributed by atoms with Crippen LogP contribution in [0, 0.1) is 11.6 Å². The van der Waals surface area contributed by atoms with Crippen molar-refractivity contribution < 1.29 is 18.7 Å². The summed E-state index contributed by atoms with van der Waals surface area (Å²) >= 11 is 0. The van der Waals surface area contributed by atoms with Crippen molar-refractivity contribution >= 4 is 5.91 Å². The van der Waals surface area contributed by atoms with Crippen molar-refractivity contribution in [1.82, 2.24) is 5.32 Å². The van der Waals surface area contributed by atoms with Crippen molar-refractivity contribution in [3.05, 3.63) is 35.4 Å². The number of carbonyl (C=O) groups excluding carboxylic acids is 1. The maximum atomic E-state index is 13.4. The normalized spacial score (nSPS) is 11.4. The Kier molecular flexibility index (Phi) is 4.78. The second-order valence-electron chi connectivity index (χ2n) is 4.20. The van der Waals surface area contributed by atoms with E-state index in [4.69, 9.17) is 0 Å². The third kappa shape index (κ3) is 2.85. The SMILES string of the molecule is CCC(CC)(CO)NC(=O)c1cccc(F)c1F. The average Bonchev–Trinajstić information content (AvgIpc) is 2.39. The number of aliphatic hydroxyl groups is 1. The molecule has 18 heavy (non-hydrogen) atoms. The number of hydrogen-bond donors (Lipinski definition) is 2. The molecule has 0 heterocycles. The topological polar surface area (TPSA) is 49.3 Å². The van der Waals surface area contributed by atoms with Crippen molar-refractivity contribution in [1.29, 1.82) is 0 Å². The van der Waals surface area contributed by atoms with Gasteiger partial charge in [-0.1, -0.05) is 19.9 Å². The van der Waals surface area contributed by atoms with Gasteiger partial charge in [-0.15, -0.1) is 0 Å². The first-order valence-corrected chi connectivity index (χ1v) is 5.87. The average molecular weight is 257 g/mol. The molecule has 0 bridgehead atoms. The highest BCUT2D eigenvalue weighted by molar-refractivity contribution is 5.95. The number of benzene rings is 1. The van der Waals surface area contributed by atoms with Crippen molar-refractivity contribution in [3.63, 3.8) is 0 Å². The number of amides is 1. The molecule has 0 saturated heterocycles. The zero-order valence-electron chi connectivity index (χ0n) is 10.5. The van der Waals surface area contributed by atoms with Gasteiger partial charge >= 0.3 is 0 Å². The highest BCUT2D eigenvalue weighted by Gasteiger charge is 2.28. The van der Waals surface area contributed by atoms with Gasteiger partial charge in [0.25, 0.3) is 5.91 Å². The predicted molar refractivity (Wildman–Crippen MR) is 64.2 cm³/mol. The smallest absolute Gasteiger partial charge is 0.254 e. The van der Waals surface area contributed by atoms with E-state index in [1.54, 1.807) is 0 Å². The van der Waals surface area contributed by atoms with Gasteiger partial charge in [-0.2, -0.15) is 0 Å². The summed E-state index contributed by atoms with van der Waals surface area (Å²) in [5, 5.41) is 11.9. The fourth-order valence-electron chi connectivity index (χ4n) is 1.68. The first-order valence-electron chi connectivity index (χ1n) is 5.87. The van der Waals surface area contributed by atoms with Crippen LogP contribution in [-0.2, 0) is 0 Å². The van der Waals surface area contributed by atoms with Crippen molar-refractivity contribution in [2.24, 2.45) is 0 Å². The molecule has 100 valence electrons. The Hall–Kier alpha value is -1.49. The van der Waals surface area contributed by atoms with Crippen LogP contribution in [0.25, 0.3) is 0 Å². The molecule has 0 unspecified atom stereocenters. The zero-order valence-corrected chi connectivity index (χ0v) is 10.5. The standard InChI is InChI=1S/C13H17F2NO2/c1-3-13(4-2,8-17)16-12(18)9-6-5-7-10(14)11(9)15/h5-7,17H,3-4,8H2,1-2H3,(H,16,18). The lowest BCUT2D eigenvalue weighted by Crippen LogP contribution is -2.50. The molecule has 0 atom stereocenters. The van der Waals surface area contributed by atoms with Crippen molar-refractivity contribution in [3.8, 4) is 0 Å². The van der Waals surface area contributed by atoms with Crippen LogP contribution in [0.3, 0.4) is 0 Å². The minimum atomic E-state index is -1.17. The molecule has 1 aromatic rings. The molecule has 5 heteroatoms. The van der Waals surface area contributed by atoms with Crippen LogP contribution in [-0.4, -0.2) is 23.2 Å². The van der Waals surface area contributed by atoms with Gasteiger partial charge in [-0.3, -0.25) is 4.79 Å². The largest absolute Gasteiger partial charge is 0.394 e. The van der Waals surface area contributed by atoms with E-state index < -0.39 is 23.1 Å². The van der Waals surface area contributed by atoms with Gasteiger partial charge in [0.05, 0.1) is 17.7 Å². The summed E-state index contributed by atoms with van der Waals surface area (Å²) in [6, 6.07) is 3.43. The Bertz CT molecular complexity index is 423. The molecule has 3 nitrogen and oxygen atoms in total. The molecule has 0 radical (unpaired) electrons. The number of hydrogen-bond acceptors (Lipinski definition) is 2. The summed E-state index contributed by atoms with van der Waals surface area (Å²) in [5.74, 6) is -2.95. The van der Waals surface area contributed by atoms with E-state index in [1.165, 1.54) is 12.1 Å². The van der Waals surface area contributed by atoms with Crippen LogP contribution in [0.5, 0.6) is 0 Å². The highest BCUT2D eigenvalue weighted by Crippen LogP contribution is 2.17. The molecular weight excluding hydrogens is 240 g/mol. The van der Waals surface area contributed by atoms with Gasteiger partial charge in [0.1, 0.15) is 0 Å². The molecule has 0 spiro atoms. The Morgan fingerprint density at radius 3 is 2.44 bits per heavy atom. The molecule has 0 saturated carbocycles. The molecular formula is C13H17F2NO2. The zero-order chi connectivity index (χ0) is 13.8. The quantitative estimate of drug-likeness (QED) is 0.850. The summed E-state index contributed by atoms with van der Waals surface area (Å²) in [6.07, 6.45) is 1.01. The van der Waals surface area contributed by atoms with E-state index in [-0.39, 0.29) is 12.2 Å². The van der Waals surface area contributed by atoms with E-state index in [0.29, 0.717) is 12.8 Å². The molecule has 0 aliphatic heterocycles. The number of carbonyl (C=O) groups is 1. The number of rotatable bonds is 5. The monoisotopic (exact) mass is 257 g/mol. The summed E-state index contributed by atoms with van der Waals surface area (Å²) in [5.41, 5.74) is -1.15. The van der Waals surface area contributed by atoms with Crippen LogP contribution in [0.15, 0.2) is 18.2 Å². The van der Waals surface area contributed by atoms with Crippen molar-refractivity contribution in [2.75, 3.05) is 6.61 Å². The predicted octanol–water partition coefficient (Wildman–Crippen LogP) is 2.25. The molecule has 0 aromatic heterocycles. The summed E-state index contributed by atoms with van der Waals surface area (Å²) in [7, 11) is 0. The van der Waals surface area contributed by atoms with Crippen LogP contribution >= 0.6 is 0 Å². The lowest BCUT2D eigenvalue weighted by Gasteiger charge is -2.30. The third-order valence-corrected chi connectivity index (χ3v) is 3.23. The summed E-state index contributed by atoms with van der Waals surface area (Å²) in [6.45, 7) is 3.37. The second-order valence-corrected chi connectivity index (χ2v) is 4.20. The minimum Gasteiger partial charge on any atom is -0.394 e. The minimum absolute atomic E-state index is 0.247. The maximum absolute atomic E-state index is 13.4. The van der Waals surface area contributed by atoms with E-state index in [9.17, 15) is 18.7 Å².